The van der Waals surface area contributed by atoms with Crippen molar-refractivity contribution >= 4 is 22.0 Å². The lowest BCUT2D eigenvalue weighted by Gasteiger charge is -2.11. The first kappa shape index (κ1) is 11.8. The van der Waals surface area contributed by atoms with Crippen LogP contribution in [0.1, 0.15) is 23.5 Å². The number of rotatable bonds is 3. The standard InChI is InChI=1S/C13H16BrNO/c14-13-8-10(2-1-6-15)3-4-12(13)11-5-7-16-9-11/h1-4,8,11H,5-7,9,15H2/b2-1+. The molecule has 1 saturated heterocycles. The van der Waals surface area contributed by atoms with Crippen molar-refractivity contribution in [3.05, 3.63) is 39.9 Å². The van der Waals surface area contributed by atoms with Gasteiger partial charge in [0.25, 0.3) is 0 Å². The van der Waals surface area contributed by atoms with E-state index in [1.54, 1.807) is 0 Å². The highest BCUT2D eigenvalue weighted by Crippen LogP contribution is 2.31. The minimum absolute atomic E-state index is 0.543. The molecular weight excluding hydrogens is 266 g/mol. The first-order valence-corrected chi connectivity index (χ1v) is 6.34. The van der Waals surface area contributed by atoms with E-state index in [1.165, 1.54) is 15.6 Å². The monoisotopic (exact) mass is 281 g/mol. The number of hydrogen-bond acceptors (Lipinski definition) is 2. The van der Waals surface area contributed by atoms with Gasteiger partial charge < -0.3 is 10.5 Å². The van der Waals surface area contributed by atoms with Crippen molar-refractivity contribution in [2.75, 3.05) is 19.8 Å². The van der Waals surface area contributed by atoms with Crippen LogP contribution in [0.4, 0.5) is 0 Å². The topological polar surface area (TPSA) is 35.2 Å². The Bertz CT molecular complexity index is 384. The van der Waals surface area contributed by atoms with Crippen molar-refractivity contribution in [1.82, 2.24) is 0 Å². The molecule has 0 saturated carbocycles. The molecule has 1 aliphatic rings. The lowest BCUT2D eigenvalue weighted by Crippen LogP contribution is -1.98. The van der Waals surface area contributed by atoms with E-state index in [1.807, 2.05) is 12.2 Å². The molecule has 2 nitrogen and oxygen atoms in total. The highest BCUT2D eigenvalue weighted by molar-refractivity contribution is 9.10. The van der Waals surface area contributed by atoms with Crippen LogP contribution in [-0.2, 0) is 4.74 Å². The van der Waals surface area contributed by atoms with Crippen molar-refractivity contribution in [1.29, 1.82) is 0 Å². The fourth-order valence-electron chi connectivity index (χ4n) is 1.96. The Morgan fingerprint density at radius 2 is 2.38 bits per heavy atom. The van der Waals surface area contributed by atoms with E-state index >= 15 is 0 Å². The van der Waals surface area contributed by atoms with Crippen molar-refractivity contribution in [3.63, 3.8) is 0 Å². The summed E-state index contributed by atoms with van der Waals surface area (Å²) in [7, 11) is 0. The van der Waals surface area contributed by atoms with Crippen molar-refractivity contribution in [2.24, 2.45) is 5.73 Å². The predicted molar refractivity (Wildman–Crippen MR) is 70.4 cm³/mol. The minimum Gasteiger partial charge on any atom is -0.381 e. The molecule has 16 heavy (non-hydrogen) atoms. The molecular formula is C13H16BrNO. The number of hydrogen-bond donors (Lipinski definition) is 1. The van der Waals surface area contributed by atoms with E-state index in [0.717, 1.165) is 19.6 Å². The Kier molecular flexibility index (Phi) is 4.16. The Morgan fingerprint density at radius 1 is 1.50 bits per heavy atom. The van der Waals surface area contributed by atoms with E-state index in [0.29, 0.717) is 12.5 Å². The second kappa shape index (κ2) is 5.62. The van der Waals surface area contributed by atoms with Crippen LogP contribution in [0.3, 0.4) is 0 Å². The second-order valence-electron chi connectivity index (χ2n) is 3.98. The molecule has 86 valence electrons. The van der Waals surface area contributed by atoms with Gasteiger partial charge in [0.05, 0.1) is 6.61 Å². The van der Waals surface area contributed by atoms with Gasteiger partial charge in [0.1, 0.15) is 0 Å². The molecule has 1 aromatic carbocycles. The van der Waals surface area contributed by atoms with E-state index < -0.39 is 0 Å². The Hall–Kier alpha value is -0.640. The number of ether oxygens (including phenoxy) is 1. The van der Waals surface area contributed by atoms with Crippen LogP contribution in [0.5, 0.6) is 0 Å². The van der Waals surface area contributed by atoms with E-state index in [-0.39, 0.29) is 0 Å². The van der Waals surface area contributed by atoms with E-state index in [2.05, 4.69) is 34.1 Å². The highest BCUT2D eigenvalue weighted by atomic mass is 79.9. The summed E-state index contributed by atoms with van der Waals surface area (Å²) in [5.74, 6) is 0.543. The molecule has 0 radical (unpaired) electrons. The molecule has 0 aromatic heterocycles. The molecule has 1 aliphatic heterocycles. The van der Waals surface area contributed by atoms with Gasteiger partial charge in [-0.05, 0) is 23.6 Å². The fraction of sp³-hybridized carbons (Fsp3) is 0.385. The molecule has 1 unspecified atom stereocenters. The maximum absolute atomic E-state index is 5.43. The van der Waals surface area contributed by atoms with Gasteiger partial charge in [0.15, 0.2) is 0 Å². The number of benzene rings is 1. The predicted octanol–water partition coefficient (Wildman–Crippen LogP) is 2.92. The van der Waals surface area contributed by atoms with Gasteiger partial charge in [-0.3, -0.25) is 0 Å². The van der Waals surface area contributed by atoms with Crippen LogP contribution >= 0.6 is 15.9 Å². The Morgan fingerprint density at radius 3 is 3.00 bits per heavy atom. The summed E-state index contributed by atoms with van der Waals surface area (Å²) in [6.07, 6.45) is 5.12. The lowest BCUT2D eigenvalue weighted by atomic mass is 9.97. The summed E-state index contributed by atoms with van der Waals surface area (Å²) in [4.78, 5) is 0. The average molecular weight is 282 g/mol. The molecule has 0 bridgehead atoms. The molecule has 2 rings (SSSR count). The van der Waals surface area contributed by atoms with Gasteiger partial charge in [-0.25, -0.2) is 0 Å². The van der Waals surface area contributed by atoms with Crippen molar-refractivity contribution in [3.8, 4) is 0 Å². The van der Waals surface area contributed by atoms with Crippen LogP contribution in [0, 0.1) is 0 Å². The third-order valence-electron chi connectivity index (χ3n) is 2.84. The third kappa shape index (κ3) is 2.73. The van der Waals surface area contributed by atoms with Crippen molar-refractivity contribution < 1.29 is 4.74 Å². The van der Waals surface area contributed by atoms with Crippen LogP contribution in [-0.4, -0.2) is 19.8 Å². The second-order valence-corrected chi connectivity index (χ2v) is 4.83. The van der Waals surface area contributed by atoms with Gasteiger partial charge in [0, 0.05) is 23.5 Å². The zero-order valence-corrected chi connectivity index (χ0v) is 10.7. The van der Waals surface area contributed by atoms with Crippen LogP contribution in [0.15, 0.2) is 28.7 Å². The summed E-state index contributed by atoms with van der Waals surface area (Å²) in [5, 5.41) is 0. The Labute approximate surface area is 105 Å². The maximum atomic E-state index is 5.43. The van der Waals surface area contributed by atoms with Crippen LogP contribution in [0.25, 0.3) is 6.08 Å². The van der Waals surface area contributed by atoms with E-state index in [4.69, 9.17) is 10.5 Å². The summed E-state index contributed by atoms with van der Waals surface area (Å²) in [6.45, 7) is 2.30. The number of nitrogens with two attached hydrogens (primary N) is 1. The summed E-state index contributed by atoms with van der Waals surface area (Å²) in [6, 6.07) is 6.45. The molecule has 1 atom stereocenters. The summed E-state index contributed by atoms with van der Waals surface area (Å²) in [5.41, 5.74) is 7.96. The lowest BCUT2D eigenvalue weighted by molar-refractivity contribution is 0.194. The zero-order valence-electron chi connectivity index (χ0n) is 9.16. The van der Waals surface area contributed by atoms with Gasteiger partial charge >= 0.3 is 0 Å². The van der Waals surface area contributed by atoms with E-state index in [9.17, 15) is 0 Å². The Balaban J connectivity index is 2.18. The summed E-state index contributed by atoms with van der Waals surface area (Å²) < 4.78 is 6.58. The third-order valence-corrected chi connectivity index (χ3v) is 3.53. The number of halogens is 1. The molecule has 1 fully saturated rings. The average Bonchev–Trinajstić information content (AvgIpc) is 2.80. The molecule has 0 aliphatic carbocycles. The molecule has 1 heterocycles. The highest BCUT2D eigenvalue weighted by Gasteiger charge is 2.19. The SMILES string of the molecule is NC/C=C/c1ccc(C2CCOC2)c(Br)c1. The van der Waals surface area contributed by atoms with Crippen molar-refractivity contribution in [2.45, 2.75) is 12.3 Å². The zero-order chi connectivity index (χ0) is 11.4. The molecule has 1 aromatic rings. The smallest absolute Gasteiger partial charge is 0.0535 e. The maximum Gasteiger partial charge on any atom is 0.0535 e. The first-order valence-electron chi connectivity index (χ1n) is 5.55. The molecule has 0 spiro atoms. The normalized spacial score (nSPS) is 20.8. The van der Waals surface area contributed by atoms with Crippen LogP contribution in [0.2, 0.25) is 0 Å². The largest absolute Gasteiger partial charge is 0.381 e. The van der Waals surface area contributed by atoms with Gasteiger partial charge in [-0.1, -0.05) is 40.2 Å². The minimum atomic E-state index is 0.543. The van der Waals surface area contributed by atoms with Gasteiger partial charge in [-0.2, -0.15) is 0 Å². The molecule has 2 N–H and O–H groups in total. The van der Waals surface area contributed by atoms with Gasteiger partial charge in [-0.15, -0.1) is 0 Å². The molecule has 0 amide bonds. The first-order chi connectivity index (χ1) is 7.81. The van der Waals surface area contributed by atoms with Crippen LogP contribution < -0.4 is 5.73 Å². The summed E-state index contributed by atoms with van der Waals surface area (Å²) >= 11 is 3.63. The quantitative estimate of drug-likeness (QED) is 0.925. The fourth-order valence-corrected chi connectivity index (χ4v) is 2.68. The molecule has 3 heteroatoms. The van der Waals surface area contributed by atoms with Gasteiger partial charge in [0.2, 0.25) is 0 Å².